The van der Waals surface area contributed by atoms with Crippen molar-refractivity contribution in [3.8, 4) is 11.1 Å². The molecule has 2 aromatic heterocycles. The monoisotopic (exact) mass is 339 g/mol. The number of hydrogen-bond donors (Lipinski definition) is 2. The quantitative estimate of drug-likeness (QED) is 0.758. The number of thiophene rings is 1. The molecule has 1 saturated heterocycles. The maximum Gasteiger partial charge on any atom is 0.259 e. The van der Waals surface area contributed by atoms with Gasteiger partial charge in [0.05, 0.1) is 24.1 Å². The summed E-state index contributed by atoms with van der Waals surface area (Å²) in [4.78, 5) is 12.6. The fourth-order valence-electron chi connectivity index (χ4n) is 2.92. The maximum atomic E-state index is 12.6. The van der Waals surface area contributed by atoms with E-state index < -0.39 is 0 Å². The Balaban J connectivity index is 1.49. The van der Waals surface area contributed by atoms with Crippen LogP contribution in [0.3, 0.4) is 0 Å². The summed E-state index contributed by atoms with van der Waals surface area (Å²) < 4.78 is 5.40. The number of rotatable bonds is 4. The van der Waals surface area contributed by atoms with Crippen molar-refractivity contribution in [1.29, 1.82) is 0 Å². The minimum Gasteiger partial charge on any atom is -0.381 e. The zero-order valence-corrected chi connectivity index (χ0v) is 13.8. The van der Waals surface area contributed by atoms with E-state index in [1.54, 1.807) is 17.5 Å². The van der Waals surface area contributed by atoms with E-state index in [2.05, 4.69) is 32.3 Å². The molecule has 1 aliphatic rings. The Morgan fingerprint density at radius 2 is 2.12 bits per heavy atom. The first-order valence-electron chi connectivity index (χ1n) is 7.86. The van der Waals surface area contributed by atoms with Crippen molar-refractivity contribution in [1.82, 2.24) is 10.2 Å². The van der Waals surface area contributed by atoms with Gasteiger partial charge in [0.25, 0.3) is 5.91 Å². The van der Waals surface area contributed by atoms with Crippen molar-refractivity contribution in [2.45, 2.75) is 12.3 Å². The van der Waals surface area contributed by atoms with Gasteiger partial charge in [-0.3, -0.25) is 9.89 Å². The number of H-pyrrole nitrogens is 1. The second kappa shape index (κ2) is 6.59. The smallest absolute Gasteiger partial charge is 0.259 e. The van der Waals surface area contributed by atoms with Crippen LogP contribution in [0.25, 0.3) is 11.1 Å². The number of aromatic nitrogens is 2. The van der Waals surface area contributed by atoms with Gasteiger partial charge in [-0.15, -0.1) is 0 Å². The third-order valence-electron chi connectivity index (χ3n) is 4.25. The minimum atomic E-state index is -0.145. The standard InChI is InChI=1S/C18H17N3O2S/c22-18(16-9-19-21-17(16)13-5-7-23-10-13)20-15-3-1-12(2-4-15)14-6-8-24-11-14/h1-4,6,8-9,11,13H,5,7,10H2,(H,19,21)(H,20,22)/t13-/m0/s1. The lowest BCUT2D eigenvalue weighted by Gasteiger charge is -2.09. The summed E-state index contributed by atoms with van der Waals surface area (Å²) >= 11 is 1.67. The second-order valence-electron chi connectivity index (χ2n) is 5.80. The van der Waals surface area contributed by atoms with Gasteiger partial charge in [0.2, 0.25) is 0 Å². The first kappa shape index (κ1) is 15.1. The fourth-order valence-corrected chi connectivity index (χ4v) is 3.59. The van der Waals surface area contributed by atoms with Crippen molar-refractivity contribution in [3.05, 3.63) is 58.5 Å². The summed E-state index contributed by atoms with van der Waals surface area (Å²) in [6.07, 6.45) is 2.50. The predicted octanol–water partition coefficient (Wildman–Crippen LogP) is 3.89. The topological polar surface area (TPSA) is 67.0 Å². The van der Waals surface area contributed by atoms with Gasteiger partial charge in [-0.1, -0.05) is 12.1 Å². The van der Waals surface area contributed by atoms with Gasteiger partial charge in [-0.25, -0.2) is 0 Å². The number of carbonyl (C=O) groups is 1. The van der Waals surface area contributed by atoms with Gasteiger partial charge < -0.3 is 10.1 Å². The van der Waals surface area contributed by atoms with E-state index in [-0.39, 0.29) is 11.8 Å². The molecule has 24 heavy (non-hydrogen) atoms. The zero-order valence-electron chi connectivity index (χ0n) is 13.0. The van der Waals surface area contributed by atoms with Crippen LogP contribution in [-0.4, -0.2) is 29.3 Å². The molecule has 2 N–H and O–H groups in total. The molecule has 1 fully saturated rings. The molecule has 6 heteroatoms. The number of ether oxygens (including phenoxy) is 1. The molecule has 0 saturated carbocycles. The number of amides is 1. The van der Waals surface area contributed by atoms with E-state index in [0.29, 0.717) is 12.2 Å². The molecular formula is C18H17N3O2S. The number of anilines is 1. The van der Waals surface area contributed by atoms with Gasteiger partial charge in [-0.2, -0.15) is 16.4 Å². The first-order valence-corrected chi connectivity index (χ1v) is 8.80. The highest BCUT2D eigenvalue weighted by molar-refractivity contribution is 7.08. The SMILES string of the molecule is O=C(Nc1ccc(-c2ccsc2)cc1)c1cn[nH]c1[C@H]1CCOC1. The molecule has 1 atom stereocenters. The highest BCUT2D eigenvalue weighted by Crippen LogP contribution is 2.27. The summed E-state index contributed by atoms with van der Waals surface area (Å²) in [5, 5.41) is 14.1. The Bertz CT molecular complexity index is 818. The highest BCUT2D eigenvalue weighted by atomic mass is 32.1. The van der Waals surface area contributed by atoms with E-state index in [0.717, 1.165) is 30.0 Å². The van der Waals surface area contributed by atoms with Gasteiger partial charge in [0, 0.05) is 18.2 Å². The molecule has 4 rings (SSSR count). The van der Waals surface area contributed by atoms with Crippen LogP contribution in [0.5, 0.6) is 0 Å². The van der Waals surface area contributed by atoms with Crippen molar-refractivity contribution >= 4 is 22.9 Å². The van der Waals surface area contributed by atoms with Gasteiger partial charge in [-0.05, 0) is 46.5 Å². The predicted molar refractivity (Wildman–Crippen MR) is 94.5 cm³/mol. The molecule has 0 spiro atoms. The molecule has 5 nitrogen and oxygen atoms in total. The average Bonchev–Trinajstić information content (AvgIpc) is 3.35. The molecule has 3 heterocycles. The van der Waals surface area contributed by atoms with E-state index >= 15 is 0 Å². The molecule has 0 bridgehead atoms. The Morgan fingerprint density at radius 1 is 1.25 bits per heavy atom. The van der Waals surface area contributed by atoms with Crippen LogP contribution in [0.1, 0.15) is 28.4 Å². The highest BCUT2D eigenvalue weighted by Gasteiger charge is 2.25. The Kier molecular flexibility index (Phi) is 4.15. The van der Waals surface area contributed by atoms with Crippen LogP contribution in [0.2, 0.25) is 0 Å². The van der Waals surface area contributed by atoms with Crippen LogP contribution in [0, 0.1) is 0 Å². The Hall–Kier alpha value is -2.44. The lowest BCUT2D eigenvalue weighted by atomic mass is 10.0. The lowest BCUT2D eigenvalue weighted by molar-refractivity contribution is 0.102. The van der Waals surface area contributed by atoms with Crippen LogP contribution in [-0.2, 0) is 4.74 Å². The van der Waals surface area contributed by atoms with Crippen LogP contribution >= 0.6 is 11.3 Å². The van der Waals surface area contributed by atoms with Gasteiger partial charge in [0.15, 0.2) is 0 Å². The van der Waals surface area contributed by atoms with Crippen molar-refractivity contribution < 1.29 is 9.53 Å². The average molecular weight is 339 g/mol. The number of benzene rings is 1. The molecule has 3 aromatic rings. The van der Waals surface area contributed by atoms with Crippen LogP contribution < -0.4 is 5.32 Å². The summed E-state index contributed by atoms with van der Waals surface area (Å²) in [6, 6.07) is 9.95. The normalized spacial score (nSPS) is 17.1. The third-order valence-corrected chi connectivity index (χ3v) is 4.93. The summed E-state index contributed by atoms with van der Waals surface area (Å²) in [6.45, 7) is 1.37. The lowest BCUT2D eigenvalue weighted by Crippen LogP contribution is -2.15. The third kappa shape index (κ3) is 2.98. The summed E-state index contributed by atoms with van der Waals surface area (Å²) in [7, 11) is 0. The van der Waals surface area contributed by atoms with Crippen molar-refractivity contribution in [2.75, 3.05) is 18.5 Å². The number of nitrogens with zero attached hydrogens (tertiary/aromatic N) is 1. The number of carbonyl (C=O) groups excluding carboxylic acids is 1. The molecule has 0 aliphatic carbocycles. The first-order chi connectivity index (χ1) is 11.8. The number of hydrogen-bond acceptors (Lipinski definition) is 4. The molecule has 0 radical (unpaired) electrons. The van der Waals surface area contributed by atoms with Gasteiger partial charge in [0.1, 0.15) is 0 Å². The van der Waals surface area contributed by atoms with E-state index in [9.17, 15) is 4.79 Å². The number of nitrogens with one attached hydrogen (secondary N) is 2. The van der Waals surface area contributed by atoms with Crippen molar-refractivity contribution in [2.24, 2.45) is 0 Å². The Labute approximate surface area is 143 Å². The van der Waals surface area contributed by atoms with Crippen molar-refractivity contribution in [3.63, 3.8) is 0 Å². The zero-order chi connectivity index (χ0) is 16.4. The van der Waals surface area contributed by atoms with E-state index in [1.807, 2.05) is 24.3 Å². The minimum absolute atomic E-state index is 0.145. The summed E-state index contributed by atoms with van der Waals surface area (Å²) in [5.74, 6) is 0.0724. The molecule has 1 aliphatic heterocycles. The molecular weight excluding hydrogens is 322 g/mol. The largest absolute Gasteiger partial charge is 0.381 e. The molecule has 0 unspecified atom stereocenters. The van der Waals surface area contributed by atoms with E-state index in [1.165, 1.54) is 5.56 Å². The van der Waals surface area contributed by atoms with E-state index in [4.69, 9.17) is 4.74 Å². The molecule has 122 valence electrons. The Morgan fingerprint density at radius 3 is 2.83 bits per heavy atom. The molecule has 1 amide bonds. The maximum absolute atomic E-state index is 12.6. The van der Waals surface area contributed by atoms with Crippen LogP contribution in [0.4, 0.5) is 5.69 Å². The number of aromatic amines is 1. The van der Waals surface area contributed by atoms with Gasteiger partial charge >= 0.3 is 0 Å². The van der Waals surface area contributed by atoms with Crippen LogP contribution in [0.15, 0.2) is 47.3 Å². The fraction of sp³-hybridized carbons (Fsp3) is 0.222. The molecule has 1 aromatic carbocycles. The second-order valence-corrected chi connectivity index (χ2v) is 6.58. The summed E-state index contributed by atoms with van der Waals surface area (Å²) in [5.41, 5.74) is 4.55.